The van der Waals surface area contributed by atoms with Gasteiger partial charge in [0, 0.05) is 18.9 Å². The quantitative estimate of drug-likeness (QED) is 0.892. The first-order valence-corrected chi connectivity index (χ1v) is 6.86. The normalized spacial score (nSPS) is 21.9. The van der Waals surface area contributed by atoms with Crippen molar-refractivity contribution in [3.8, 4) is 5.69 Å². The second-order valence-electron chi connectivity index (χ2n) is 5.20. The number of carbonyl (C=O) groups excluding carboxylic acids is 1. The lowest BCUT2D eigenvalue weighted by Crippen LogP contribution is -2.28. The molecule has 2 aromatic rings. The summed E-state index contributed by atoms with van der Waals surface area (Å²) >= 11 is 0. The number of hydrogen-bond donors (Lipinski definition) is 2. The maximum Gasteiger partial charge on any atom is 0.229 e. The molecule has 0 saturated carbocycles. The van der Waals surface area contributed by atoms with E-state index in [1.54, 1.807) is 10.9 Å². The van der Waals surface area contributed by atoms with Crippen molar-refractivity contribution in [2.24, 2.45) is 11.8 Å². The van der Waals surface area contributed by atoms with Gasteiger partial charge in [-0.1, -0.05) is 19.1 Å². The number of anilines is 1. The molecule has 0 radical (unpaired) electrons. The van der Waals surface area contributed by atoms with Gasteiger partial charge in [0.15, 0.2) is 0 Å². The van der Waals surface area contributed by atoms with Crippen LogP contribution in [0.5, 0.6) is 0 Å². The van der Waals surface area contributed by atoms with Crippen molar-refractivity contribution in [3.63, 3.8) is 0 Å². The van der Waals surface area contributed by atoms with E-state index < -0.39 is 0 Å². The molecule has 0 aliphatic carbocycles. The topological polar surface area (TPSA) is 59.0 Å². The van der Waals surface area contributed by atoms with Crippen LogP contribution in [0.4, 0.5) is 5.69 Å². The molecule has 1 amide bonds. The molecular formula is C15H18N4O. The summed E-state index contributed by atoms with van der Waals surface area (Å²) in [5.41, 5.74) is 1.67. The van der Waals surface area contributed by atoms with Crippen molar-refractivity contribution < 1.29 is 4.79 Å². The van der Waals surface area contributed by atoms with Crippen molar-refractivity contribution >= 4 is 11.6 Å². The van der Waals surface area contributed by atoms with Gasteiger partial charge >= 0.3 is 0 Å². The van der Waals surface area contributed by atoms with Crippen molar-refractivity contribution in [2.45, 2.75) is 6.92 Å². The highest BCUT2D eigenvalue weighted by Gasteiger charge is 2.29. The molecule has 1 fully saturated rings. The molecule has 3 rings (SSSR count). The summed E-state index contributed by atoms with van der Waals surface area (Å²) in [6.45, 7) is 3.75. The summed E-state index contributed by atoms with van der Waals surface area (Å²) in [5.74, 6) is 0.467. The monoisotopic (exact) mass is 270 g/mol. The number of nitrogens with zero attached hydrogens (tertiary/aromatic N) is 2. The number of amides is 1. The first kappa shape index (κ1) is 12.9. The predicted molar refractivity (Wildman–Crippen MR) is 77.7 cm³/mol. The lowest BCUT2D eigenvalue weighted by atomic mass is 9.97. The Bertz CT molecular complexity index is 594. The maximum atomic E-state index is 12.4. The Labute approximate surface area is 118 Å². The number of hydrogen-bond acceptors (Lipinski definition) is 3. The van der Waals surface area contributed by atoms with Crippen LogP contribution in [0.25, 0.3) is 5.69 Å². The van der Waals surface area contributed by atoms with E-state index >= 15 is 0 Å². The van der Waals surface area contributed by atoms with E-state index in [1.165, 1.54) is 0 Å². The second-order valence-corrected chi connectivity index (χ2v) is 5.20. The van der Waals surface area contributed by atoms with Gasteiger partial charge in [0.1, 0.15) is 0 Å². The number of rotatable bonds is 3. The van der Waals surface area contributed by atoms with Crippen molar-refractivity contribution in [3.05, 3.63) is 42.7 Å². The Morgan fingerprint density at radius 3 is 2.90 bits per heavy atom. The third-order valence-corrected chi connectivity index (χ3v) is 3.77. The molecule has 0 spiro atoms. The van der Waals surface area contributed by atoms with E-state index in [9.17, 15) is 4.79 Å². The third-order valence-electron chi connectivity index (χ3n) is 3.77. The fourth-order valence-electron chi connectivity index (χ4n) is 2.58. The standard InChI is InChI=1S/C15H18N4O/c1-11-9-16-10-12(11)15(20)18-13-5-2-3-6-14(13)19-8-4-7-17-19/h2-8,11-12,16H,9-10H2,1H3,(H,18,20). The highest BCUT2D eigenvalue weighted by molar-refractivity contribution is 5.95. The molecule has 2 unspecified atom stereocenters. The van der Waals surface area contributed by atoms with Gasteiger partial charge in [-0.2, -0.15) is 5.10 Å². The molecule has 5 heteroatoms. The fraction of sp³-hybridized carbons (Fsp3) is 0.333. The van der Waals surface area contributed by atoms with E-state index in [0.717, 1.165) is 24.5 Å². The first-order valence-electron chi connectivity index (χ1n) is 6.86. The summed E-state index contributed by atoms with van der Waals surface area (Å²) in [5, 5.41) is 10.5. The van der Waals surface area contributed by atoms with Crippen molar-refractivity contribution in [1.82, 2.24) is 15.1 Å². The second kappa shape index (κ2) is 5.46. The van der Waals surface area contributed by atoms with E-state index in [4.69, 9.17) is 0 Å². The summed E-state index contributed by atoms with van der Waals surface area (Å²) in [6.07, 6.45) is 3.59. The van der Waals surface area contributed by atoms with Crippen LogP contribution in [0, 0.1) is 11.8 Å². The summed E-state index contributed by atoms with van der Waals surface area (Å²) in [4.78, 5) is 12.4. The molecule has 2 atom stereocenters. The van der Waals surface area contributed by atoms with Crippen molar-refractivity contribution in [2.75, 3.05) is 18.4 Å². The number of aromatic nitrogens is 2. The van der Waals surface area contributed by atoms with Crippen LogP contribution in [0.3, 0.4) is 0 Å². The number of para-hydroxylation sites is 2. The van der Waals surface area contributed by atoms with Crippen LogP contribution < -0.4 is 10.6 Å². The molecule has 1 saturated heterocycles. The molecule has 104 valence electrons. The summed E-state index contributed by atoms with van der Waals surface area (Å²) in [7, 11) is 0. The van der Waals surface area contributed by atoms with Crippen molar-refractivity contribution in [1.29, 1.82) is 0 Å². The van der Waals surface area contributed by atoms with Gasteiger partial charge in [-0.3, -0.25) is 4.79 Å². The average Bonchev–Trinajstić information content (AvgIpc) is 3.10. The molecule has 1 aliphatic heterocycles. The van der Waals surface area contributed by atoms with Crippen LogP contribution in [0.2, 0.25) is 0 Å². The van der Waals surface area contributed by atoms with E-state index in [-0.39, 0.29) is 11.8 Å². The zero-order valence-corrected chi connectivity index (χ0v) is 11.4. The lowest BCUT2D eigenvalue weighted by molar-refractivity contribution is -0.120. The number of benzene rings is 1. The Morgan fingerprint density at radius 1 is 1.35 bits per heavy atom. The van der Waals surface area contributed by atoms with Crippen LogP contribution in [-0.4, -0.2) is 28.8 Å². The van der Waals surface area contributed by atoms with Gasteiger partial charge in [0.25, 0.3) is 0 Å². The van der Waals surface area contributed by atoms with Gasteiger partial charge in [-0.25, -0.2) is 4.68 Å². The zero-order valence-electron chi connectivity index (χ0n) is 11.4. The van der Waals surface area contributed by atoms with Gasteiger partial charge in [0.05, 0.1) is 17.3 Å². The van der Waals surface area contributed by atoms with Gasteiger partial charge in [-0.15, -0.1) is 0 Å². The maximum absolute atomic E-state index is 12.4. The fourth-order valence-corrected chi connectivity index (χ4v) is 2.58. The lowest BCUT2D eigenvalue weighted by Gasteiger charge is -2.16. The van der Waals surface area contributed by atoms with Gasteiger partial charge in [0.2, 0.25) is 5.91 Å². The smallest absolute Gasteiger partial charge is 0.229 e. The minimum atomic E-state index is 0.0284. The summed E-state index contributed by atoms with van der Waals surface area (Å²) in [6, 6.07) is 9.56. The van der Waals surface area contributed by atoms with Crippen LogP contribution in [-0.2, 0) is 4.79 Å². The molecule has 1 aromatic carbocycles. The number of carbonyl (C=O) groups is 1. The van der Waals surface area contributed by atoms with Crippen LogP contribution in [0.15, 0.2) is 42.7 Å². The Balaban J connectivity index is 1.83. The van der Waals surface area contributed by atoms with Gasteiger partial charge < -0.3 is 10.6 Å². The largest absolute Gasteiger partial charge is 0.324 e. The molecule has 0 bridgehead atoms. The molecule has 2 N–H and O–H groups in total. The minimum absolute atomic E-state index is 0.0284. The Morgan fingerprint density at radius 2 is 2.20 bits per heavy atom. The van der Waals surface area contributed by atoms with E-state index in [0.29, 0.717) is 5.92 Å². The Kier molecular flexibility index (Phi) is 3.52. The van der Waals surface area contributed by atoms with E-state index in [2.05, 4.69) is 22.7 Å². The molecule has 1 aromatic heterocycles. The predicted octanol–water partition coefficient (Wildman–Crippen LogP) is 1.67. The molecule has 2 heterocycles. The Hall–Kier alpha value is -2.14. The molecule has 20 heavy (non-hydrogen) atoms. The van der Waals surface area contributed by atoms with Crippen LogP contribution in [0.1, 0.15) is 6.92 Å². The SMILES string of the molecule is CC1CNCC1C(=O)Nc1ccccc1-n1cccn1. The van der Waals surface area contributed by atoms with Gasteiger partial charge in [-0.05, 0) is 30.7 Å². The first-order chi connectivity index (χ1) is 9.75. The third kappa shape index (κ3) is 2.44. The minimum Gasteiger partial charge on any atom is -0.324 e. The molecular weight excluding hydrogens is 252 g/mol. The average molecular weight is 270 g/mol. The van der Waals surface area contributed by atoms with Crippen LogP contribution >= 0.6 is 0 Å². The molecule has 5 nitrogen and oxygen atoms in total. The van der Waals surface area contributed by atoms with E-state index in [1.807, 2.05) is 36.5 Å². The highest BCUT2D eigenvalue weighted by atomic mass is 16.2. The zero-order chi connectivity index (χ0) is 13.9. The number of nitrogens with one attached hydrogen (secondary N) is 2. The summed E-state index contributed by atoms with van der Waals surface area (Å²) < 4.78 is 1.76. The highest BCUT2D eigenvalue weighted by Crippen LogP contribution is 2.22. The molecule has 1 aliphatic rings.